The first kappa shape index (κ1) is 20.8. The second-order valence-electron chi connectivity index (χ2n) is 8.33. The fourth-order valence-corrected chi connectivity index (χ4v) is 4.10. The van der Waals surface area contributed by atoms with Gasteiger partial charge in [-0.05, 0) is 55.4 Å². The van der Waals surface area contributed by atoms with Gasteiger partial charge in [-0.15, -0.1) is 0 Å². The summed E-state index contributed by atoms with van der Waals surface area (Å²) >= 11 is 0. The number of pyridine rings is 1. The molecular weight excluding hydrogens is 429 g/mol. The normalized spacial score (nSPS) is 17.8. The van der Waals surface area contributed by atoms with Gasteiger partial charge in [0.25, 0.3) is 6.43 Å². The van der Waals surface area contributed by atoms with Crippen molar-refractivity contribution in [3.8, 4) is 0 Å². The highest BCUT2D eigenvalue weighted by atomic mass is 19.4. The van der Waals surface area contributed by atoms with Crippen LogP contribution in [0.1, 0.15) is 54.6 Å². The van der Waals surface area contributed by atoms with Gasteiger partial charge < -0.3 is 5.32 Å². The van der Waals surface area contributed by atoms with Crippen LogP contribution < -0.4 is 5.32 Å². The zero-order valence-corrected chi connectivity index (χ0v) is 17.0. The molecular formula is C22H20F5N5. The van der Waals surface area contributed by atoms with Crippen molar-refractivity contribution in [2.45, 2.75) is 44.7 Å². The molecule has 2 aliphatic carbocycles. The molecule has 0 atom stereocenters. The van der Waals surface area contributed by atoms with Crippen LogP contribution in [0.25, 0.3) is 11.2 Å². The number of nitrogens with one attached hydrogen (secondary N) is 1. The van der Waals surface area contributed by atoms with Gasteiger partial charge in [0.15, 0.2) is 0 Å². The molecule has 0 radical (unpaired) electrons. The maximum atomic E-state index is 13.3. The van der Waals surface area contributed by atoms with Crippen molar-refractivity contribution in [3.63, 3.8) is 0 Å². The van der Waals surface area contributed by atoms with Crippen LogP contribution in [0.3, 0.4) is 0 Å². The molecule has 1 N–H and O–H groups in total. The van der Waals surface area contributed by atoms with Gasteiger partial charge in [0.2, 0.25) is 5.95 Å². The Bertz CT molecular complexity index is 1190. The number of aryl methyl sites for hydroxylation is 1. The predicted octanol–water partition coefficient (Wildman–Crippen LogP) is 5.58. The second-order valence-corrected chi connectivity index (χ2v) is 8.33. The number of halogens is 5. The number of fused-ring (bicyclic) bond motifs is 2. The fourth-order valence-electron chi connectivity index (χ4n) is 4.10. The third-order valence-electron chi connectivity index (χ3n) is 6.23. The number of aromatic nitrogens is 4. The predicted molar refractivity (Wildman–Crippen MR) is 108 cm³/mol. The number of anilines is 1. The maximum Gasteiger partial charge on any atom is 0.396 e. The van der Waals surface area contributed by atoms with Gasteiger partial charge in [-0.2, -0.15) is 13.2 Å². The molecule has 5 rings (SSSR count). The highest BCUT2D eigenvalue weighted by Crippen LogP contribution is 2.57. The molecule has 1 saturated carbocycles. The first-order valence-electron chi connectivity index (χ1n) is 10.4. The second kappa shape index (κ2) is 7.53. The Hall–Kier alpha value is -3.04. The molecule has 3 heterocycles. The van der Waals surface area contributed by atoms with Crippen molar-refractivity contribution in [1.82, 2.24) is 19.4 Å². The van der Waals surface area contributed by atoms with E-state index in [1.807, 2.05) is 12.1 Å². The van der Waals surface area contributed by atoms with Gasteiger partial charge in [0.05, 0.1) is 17.3 Å². The zero-order chi connectivity index (χ0) is 22.5. The van der Waals surface area contributed by atoms with Crippen molar-refractivity contribution in [3.05, 3.63) is 59.3 Å². The Labute approximate surface area is 180 Å². The summed E-state index contributed by atoms with van der Waals surface area (Å²) in [6.07, 6.45) is 1.94. The summed E-state index contributed by atoms with van der Waals surface area (Å²) in [4.78, 5) is 12.8. The van der Waals surface area contributed by atoms with Gasteiger partial charge in [-0.3, -0.25) is 4.40 Å². The number of hydrogen-bond acceptors (Lipinski definition) is 4. The van der Waals surface area contributed by atoms with Crippen LogP contribution in [0.2, 0.25) is 0 Å². The van der Waals surface area contributed by atoms with Crippen LogP contribution in [-0.2, 0) is 6.42 Å². The van der Waals surface area contributed by atoms with Crippen LogP contribution in [0.5, 0.6) is 0 Å². The highest BCUT2D eigenvalue weighted by molar-refractivity contribution is 5.81. The molecule has 2 aliphatic rings. The van der Waals surface area contributed by atoms with Gasteiger partial charge in [0.1, 0.15) is 11.3 Å². The van der Waals surface area contributed by atoms with Gasteiger partial charge in [-0.25, -0.2) is 23.7 Å². The molecule has 0 aliphatic heterocycles. The molecule has 3 aromatic rings. The lowest BCUT2D eigenvalue weighted by atomic mass is 9.99. The van der Waals surface area contributed by atoms with Gasteiger partial charge in [-0.1, -0.05) is 6.08 Å². The van der Waals surface area contributed by atoms with Crippen molar-refractivity contribution in [2.24, 2.45) is 5.41 Å². The van der Waals surface area contributed by atoms with Gasteiger partial charge >= 0.3 is 6.18 Å². The molecule has 168 valence electrons. The highest BCUT2D eigenvalue weighted by Gasteiger charge is 2.62. The molecule has 0 aromatic carbocycles. The minimum absolute atomic E-state index is 0.110. The van der Waals surface area contributed by atoms with Crippen molar-refractivity contribution < 1.29 is 22.0 Å². The quantitative estimate of drug-likeness (QED) is 0.517. The number of nitrogens with zero attached hydrogens (tertiary/aromatic N) is 4. The van der Waals surface area contributed by atoms with E-state index in [1.165, 1.54) is 4.40 Å². The number of imidazole rings is 1. The number of allylic oxidation sites excluding steroid dienone is 1. The third-order valence-corrected chi connectivity index (χ3v) is 6.23. The monoisotopic (exact) mass is 449 g/mol. The lowest BCUT2D eigenvalue weighted by Crippen LogP contribution is -2.32. The van der Waals surface area contributed by atoms with E-state index in [0.29, 0.717) is 12.1 Å². The SMILES string of the molecule is FC(F)c1cnc2ccc(C3=CCCCc4nc(NCC5(C(F)(F)F)CC5)ncc43)cn12. The number of hydrogen-bond donors (Lipinski definition) is 1. The Morgan fingerprint density at radius 3 is 2.66 bits per heavy atom. The summed E-state index contributed by atoms with van der Waals surface area (Å²) in [5.41, 5.74) is 1.56. The molecule has 1 fully saturated rings. The van der Waals surface area contributed by atoms with Crippen LogP contribution >= 0.6 is 0 Å². The Balaban J connectivity index is 1.45. The summed E-state index contributed by atoms with van der Waals surface area (Å²) in [7, 11) is 0. The summed E-state index contributed by atoms with van der Waals surface area (Å²) in [5.74, 6) is 0.172. The first-order chi connectivity index (χ1) is 15.3. The molecule has 10 heteroatoms. The van der Waals surface area contributed by atoms with Crippen molar-refractivity contribution in [2.75, 3.05) is 11.9 Å². The van der Waals surface area contributed by atoms with Crippen molar-refractivity contribution >= 4 is 17.2 Å². The lowest BCUT2D eigenvalue weighted by Gasteiger charge is -2.20. The van der Waals surface area contributed by atoms with E-state index in [9.17, 15) is 22.0 Å². The van der Waals surface area contributed by atoms with E-state index >= 15 is 0 Å². The summed E-state index contributed by atoms with van der Waals surface area (Å²) in [6, 6.07) is 3.49. The van der Waals surface area contributed by atoms with E-state index in [0.717, 1.165) is 41.4 Å². The topological polar surface area (TPSA) is 55.1 Å². The van der Waals surface area contributed by atoms with E-state index < -0.39 is 18.0 Å². The average molecular weight is 449 g/mol. The van der Waals surface area contributed by atoms with Crippen LogP contribution in [-0.4, -0.2) is 32.1 Å². The summed E-state index contributed by atoms with van der Waals surface area (Å²) < 4.78 is 67.6. The number of rotatable bonds is 5. The largest absolute Gasteiger partial charge is 0.396 e. The van der Waals surface area contributed by atoms with E-state index in [-0.39, 0.29) is 31.0 Å². The summed E-state index contributed by atoms with van der Waals surface area (Å²) in [6.45, 7) is -0.244. The fraction of sp³-hybridized carbons (Fsp3) is 0.409. The van der Waals surface area contributed by atoms with E-state index in [2.05, 4.69) is 20.3 Å². The molecule has 0 unspecified atom stereocenters. The first-order valence-corrected chi connectivity index (χ1v) is 10.4. The van der Waals surface area contributed by atoms with E-state index in [4.69, 9.17) is 0 Å². The minimum atomic E-state index is -4.25. The molecule has 0 spiro atoms. The lowest BCUT2D eigenvalue weighted by molar-refractivity contribution is -0.182. The van der Waals surface area contributed by atoms with Crippen molar-refractivity contribution in [1.29, 1.82) is 0 Å². The Kier molecular flexibility index (Phi) is 4.90. The Morgan fingerprint density at radius 1 is 1.12 bits per heavy atom. The molecule has 0 bridgehead atoms. The smallest absolute Gasteiger partial charge is 0.353 e. The maximum absolute atomic E-state index is 13.3. The van der Waals surface area contributed by atoms with Crippen LogP contribution in [0.15, 0.2) is 36.8 Å². The molecule has 32 heavy (non-hydrogen) atoms. The molecule has 0 amide bonds. The van der Waals surface area contributed by atoms with E-state index in [1.54, 1.807) is 18.5 Å². The average Bonchev–Trinajstić information content (AvgIpc) is 3.48. The Morgan fingerprint density at radius 2 is 1.94 bits per heavy atom. The van der Waals surface area contributed by atoms with Crippen LogP contribution in [0.4, 0.5) is 27.9 Å². The standard InChI is InChI=1S/C22H20F5N5/c23-19(24)17-10-28-18-6-5-13(11-32(17)18)14-3-1-2-4-16-15(14)9-29-20(31-16)30-12-21(7-8-21)22(25,26)27/h3,5-6,9-11,19H,1-2,4,7-8,12H2,(H,29,30,31). The van der Waals surface area contributed by atoms with Crippen LogP contribution in [0, 0.1) is 5.41 Å². The third kappa shape index (κ3) is 3.61. The molecule has 5 nitrogen and oxygen atoms in total. The van der Waals surface area contributed by atoms with Gasteiger partial charge in [0, 0.05) is 24.5 Å². The molecule has 0 saturated heterocycles. The number of alkyl halides is 5. The molecule has 3 aromatic heterocycles. The zero-order valence-electron chi connectivity index (χ0n) is 17.0. The summed E-state index contributed by atoms with van der Waals surface area (Å²) in [5, 5.41) is 2.76. The minimum Gasteiger partial charge on any atom is -0.353 e.